The van der Waals surface area contributed by atoms with Crippen molar-refractivity contribution >= 4 is 0 Å². The van der Waals surface area contributed by atoms with Crippen molar-refractivity contribution < 1.29 is 9.52 Å². The maximum Gasteiger partial charge on any atom is 0.117 e. The average molecular weight is 287 g/mol. The minimum Gasteiger partial charge on any atom is -0.468 e. The molecule has 21 heavy (non-hydrogen) atoms. The molecule has 2 rings (SSSR count). The molecule has 2 aromatic rings. The number of hydrogen-bond donors (Lipinski definition) is 2. The monoisotopic (exact) mass is 287 g/mol. The van der Waals surface area contributed by atoms with Crippen molar-refractivity contribution in [2.45, 2.75) is 53.3 Å². The fourth-order valence-electron chi connectivity index (χ4n) is 2.73. The number of furan rings is 1. The van der Waals surface area contributed by atoms with Crippen LogP contribution in [0.1, 0.15) is 46.6 Å². The van der Waals surface area contributed by atoms with E-state index >= 15 is 0 Å². The van der Waals surface area contributed by atoms with Crippen LogP contribution < -0.4 is 5.32 Å². The summed E-state index contributed by atoms with van der Waals surface area (Å²) < 4.78 is 5.31. The fourth-order valence-corrected chi connectivity index (χ4v) is 2.73. The summed E-state index contributed by atoms with van der Waals surface area (Å²) in [6, 6.07) is 5.94. The molecule has 1 heterocycles. The molecule has 0 saturated carbocycles. The zero-order valence-corrected chi connectivity index (χ0v) is 13.5. The molecule has 0 saturated heterocycles. The molecule has 2 N–H and O–H groups in total. The van der Waals surface area contributed by atoms with E-state index in [2.05, 4.69) is 39.1 Å². The van der Waals surface area contributed by atoms with E-state index in [-0.39, 0.29) is 6.04 Å². The third-order valence-corrected chi connectivity index (χ3v) is 4.37. The van der Waals surface area contributed by atoms with Crippen molar-refractivity contribution in [2.24, 2.45) is 0 Å². The van der Waals surface area contributed by atoms with E-state index in [0.29, 0.717) is 6.54 Å². The molecule has 2 atom stereocenters. The van der Waals surface area contributed by atoms with Gasteiger partial charge in [0.15, 0.2) is 0 Å². The van der Waals surface area contributed by atoms with Gasteiger partial charge in [-0.25, -0.2) is 0 Å². The first-order chi connectivity index (χ1) is 9.91. The molecule has 0 aliphatic rings. The summed E-state index contributed by atoms with van der Waals surface area (Å²) in [6.07, 6.45) is 1.13. The smallest absolute Gasteiger partial charge is 0.117 e. The first-order valence-corrected chi connectivity index (χ1v) is 7.43. The van der Waals surface area contributed by atoms with Crippen LogP contribution in [-0.4, -0.2) is 11.1 Å². The summed E-state index contributed by atoms with van der Waals surface area (Å²) in [6.45, 7) is 11.0. The molecule has 0 radical (unpaired) electrons. The number of aliphatic hydroxyl groups is 1. The second-order valence-corrected chi connectivity index (χ2v) is 5.87. The van der Waals surface area contributed by atoms with Gasteiger partial charge in [-0.3, -0.25) is 0 Å². The normalized spacial score (nSPS) is 14.2. The van der Waals surface area contributed by atoms with Crippen LogP contribution in [0.15, 0.2) is 28.9 Å². The largest absolute Gasteiger partial charge is 0.468 e. The van der Waals surface area contributed by atoms with Crippen LogP contribution in [0.3, 0.4) is 0 Å². The van der Waals surface area contributed by atoms with Crippen LogP contribution >= 0.6 is 0 Å². The molecule has 0 aliphatic heterocycles. The van der Waals surface area contributed by atoms with Crippen LogP contribution in [0.4, 0.5) is 0 Å². The summed E-state index contributed by atoms with van der Waals surface area (Å²) in [7, 11) is 0. The lowest BCUT2D eigenvalue weighted by Gasteiger charge is -2.25. The molecule has 1 aromatic carbocycles. The zero-order valence-electron chi connectivity index (χ0n) is 13.5. The minimum atomic E-state index is -0.529. The van der Waals surface area contributed by atoms with Gasteiger partial charge in [0.2, 0.25) is 0 Å². The van der Waals surface area contributed by atoms with Crippen LogP contribution in [0.25, 0.3) is 0 Å². The zero-order chi connectivity index (χ0) is 15.6. The van der Waals surface area contributed by atoms with Crippen LogP contribution in [-0.2, 0) is 6.54 Å². The maximum absolute atomic E-state index is 10.7. The number of hydrogen-bond acceptors (Lipinski definition) is 3. The standard InChI is InChI=1S/C18H25NO2/c1-11-9-12(2)14(4)17(13(11)3)18(20)15(5)19-10-16-7-6-8-21-16/h6-9,15,18-20H,10H2,1-5H3. The first-order valence-electron chi connectivity index (χ1n) is 7.43. The maximum atomic E-state index is 10.7. The highest BCUT2D eigenvalue weighted by Gasteiger charge is 2.21. The molecule has 1 aromatic heterocycles. The van der Waals surface area contributed by atoms with Gasteiger partial charge in [-0.15, -0.1) is 0 Å². The van der Waals surface area contributed by atoms with E-state index in [9.17, 15) is 5.11 Å². The van der Waals surface area contributed by atoms with E-state index in [0.717, 1.165) is 11.3 Å². The Balaban J connectivity index is 2.17. The molecule has 3 nitrogen and oxygen atoms in total. The third-order valence-electron chi connectivity index (χ3n) is 4.37. The van der Waals surface area contributed by atoms with E-state index in [4.69, 9.17) is 4.42 Å². The molecule has 0 amide bonds. The van der Waals surface area contributed by atoms with Gasteiger partial charge in [-0.2, -0.15) is 0 Å². The molecular weight excluding hydrogens is 262 g/mol. The highest BCUT2D eigenvalue weighted by atomic mass is 16.3. The molecule has 3 heteroatoms. The molecule has 0 spiro atoms. The van der Waals surface area contributed by atoms with Gasteiger partial charge in [0.05, 0.1) is 18.9 Å². The number of aryl methyl sites for hydroxylation is 2. The Morgan fingerprint density at radius 2 is 1.76 bits per heavy atom. The van der Waals surface area contributed by atoms with Gasteiger partial charge in [-0.1, -0.05) is 6.07 Å². The second-order valence-electron chi connectivity index (χ2n) is 5.87. The Kier molecular flexibility index (Phi) is 4.86. The highest BCUT2D eigenvalue weighted by Crippen LogP contribution is 2.29. The Labute approximate surface area is 127 Å². The SMILES string of the molecule is Cc1cc(C)c(C)c(C(O)C(C)NCc2ccco2)c1C. The van der Waals surface area contributed by atoms with Gasteiger partial charge in [0.25, 0.3) is 0 Å². The van der Waals surface area contributed by atoms with Crippen molar-refractivity contribution in [1.82, 2.24) is 5.32 Å². The summed E-state index contributed by atoms with van der Waals surface area (Å²) >= 11 is 0. The van der Waals surface area contributed by atoms with E-state index in [1.165, 1.54) is 22.3 Å². The van der Waals surface area contributed by atoms with Gasteiger partial charge in [0.1, 0.15) is 5.76 Å². The number of nitrogens with one attached hydrogen (secondary N) is 1. The summed E-state index contributed by atoms with van der Waals surface area (Å²) in [4.78, 5) is 0. The second kappa shape index (κ2) is 6.46. The predicted molar refractivity (Wildman–Crippen MR) is 85.4 cm³/mol. The first kappa shape index (κ1) is 15.8. The van der Waals surface area contributed by atoms with Crippen molar-refractivity contribution in [3.05, 3.63) is 58.0 Å². The lowest BCUT2D eigenvalue weighted by atomic mass is 9.88. The van der Waals surface area contributed by atoms with Crippen LogP contribution in [0.2, 0.25) is 0 Å². The molecule has 114 valence electrons. The third kappa shape index (κ3) is 3.36. The molecular formula is C18H25NO2. The molecule has 0 aliphatic carbocycles. The summed E-state index contributed by atoms with van der Waals surface area (Å²) in [5, 5.41) is 14.1. The van der Waals surface area contributed by atoms with Crippen molar-refractivity contribution in [3.8, 4) is 0 Å². The van der Waals surface area contributed by atoms with Crippen molar-refractivity contribution in [1.29, 1.82) is 0 Å². The Hall–Kier alpha value is -1.58. The Morgan fingerprint density at radius 1 is 1.14 bits per heavy atom. The quantitative estimate of drug-likeness (QED) is 0.881. The highest BCUT2D eigenvalue weighted by molar-refractivity contribution is 5.45. The fraction of sp³-hybridized carbons (Fsp3) is 0.444. The van der Waals surface area contributed by atoms with Gasteiger partial charge < -0.3 is 14.8 Å². The summed E-state index contributed by atoms with van der Waals surface area (Å²) in [5.74, 6) is 0.878. The molecule has 2 unspecified atom stereocenters. The number of aliphatic hydroxyl groups excluding tert-OH is 1. The van der Waals surface area contributed by atoms with Crippen LogP contribution in [0.5, 0.6) is 0 Å². The number of benzene rings is 1. The van der Waals surface area contributed by atoms with Gasteiger partial charge in [-0.05, 0) is 74.6 Å². The Bertz CT molecular complexity index is 576. The van der Waals surface area contributed by atoms with E-state index in [1.54, 1.807) is 6.26 Å². The minimum absolute atomic E-state index is 0.0475. The van der Waals surface area contributed by atoms with E-state index in [1.807, 2.05) is 19.1 Å². The van der Waals surface area contributed by atoms with Gasteiger partial charge in [0, 0.05) is 6.04 Å². The van der Waals surface area contributed by atoms with Crippen LogP contribution in [0, 0.1) is 27.7 Å². The summed E-state index contributed by atoms with van der Waals surface area (Å²) in [5.41, 5.74) is 5.86. The predicted octanol–water partition coefficient (Wildman–Crippen LogP) is 3.72. The van der Waals surface area contributed by atoms with Crippen molar-refractivity contribution in [3.63, 3.8) is 0 Å². The number of rotatable bonds is 5. The van der Waals surface area contributed by atoms with Crippen molar-refractivity contribution in [2.75, 3.05) is 0 Å². The molecule has 0 fully saturated rings. The van der Waals surface area contributed by atoms with E-state index < -0.39 is 6.10 Å². The Morgan fingerprint density at radius 3 is 2.29 bits per heavy atom. The lowest BCUT2D eigenvalue weighted by molar-refractivity contribution is 0.132. The molecule has 0 bridgehead atoms. The topological polar surface area (TPSA) is 45.4 Å². The van der Waals surface area contributed by atoms with Gasteiger partial charge >= 0.3 is 0 Å². The average Bonchev–Trinajstić information content (AvgIpc) is 2.96. The lowest BCUT2D eigenvalue weighted by Crippen LogP contribution is -2.32.